The molecule has 0 spiro atoms. The summed E-state index contributed by atoms with van der Waals surface area (Å²) in [7, 11) is 1.61. The van der Waals surface area contributed by atoms with Crippen LogP contribution in [0.15, 0.2) is 36.5 Å². The fourth-order valence-corrected chi connectivity index (χ4v) is 1.78. The zero-order valence-corrected chi connectivity index (χ0v) is 11.2. The molecule has 94 valence electrons. The number of ether oxygens (including phenoxy) is 2. The van der Waals surface area contributed by atoms with Crippen LogP contribution in [0, 0.1) is 0 Å². The van der Waals surface area contributed by atoms with Crippen LogP contribution >= 0.6 is 23.2 Å². The largest absolute Gasteiger partial charge is 0.496 e. The first-order chi connectivity index (χ1) is 8.69. The molecule has 2 aromatic rings. The van der Waals surface area contributed by atoms with E-state index in [9.17, 15) is 0 Å². The third-order valence-corrected chi connectivity index (χ3v) is 2.80. The maximum absolute atomic E-state index is 5.94. The predicted molar refractivity (Wildman–Crippen MR) is 71.6 cm³/mol. The van der Waals surface area contributed by atoms with Crippen molar-refractivity contribution in [2.24, 2.45) is 0 Å². The minimum Gasteiger partial charge on any atom is -0.496 e. The highest BCUT2D eigenvalue weighted by atomic mass is 35.5. The Morgan fingerprint density at radius 1 is 1.17 bits per heavy atom. The van der Waals surface area contributed by atoms with Crippen LogP contribution in [0.1, 0.15) is 5.56 Å². The maximum atomic E-state index is 5.94. The lowest BCUT2D eigenvalue weighted by atomic mass is 10.2. The molecule has 0 saturated carbocycles. The Morgan fingerprint density at radius 3 is 2.67 bits per heavy atom. The Bertz CT molecular complexity index is 529. The van der Waals surface area contributed by atoms with E-state index in [4.69, 9.17) is 32.7 Å². The number of hydrogen-bond donors (Lipinski definition) is 0. The molecule has 0 radical (unpaired) electrons. The summed E-state index contributed by atoms with van der Waals surface area (Å²) < 4.78 is 10.8. The smallest absolute Gasteiger partial charge is 0.138 e. The molecule has 0 fully saturated rings. The van der Waals surface area contributed by atoms with Gasteiger partial charge in [-0.25, -0.2) is 4.98 Å². The molecule has 5 heteroatoms. The summed E-state index contributed by atoms with van der Waals surface area (Å²) in [6.07, 6.45) is 1.57. The zero-order valence-electron chi connectivity index (χ0n) is 9.69. The molecule has 0 bridgehead atoms. The topological polar surface area (TPSA) is 31.4 Å². The van der Waals surface area contributed by atoms with Crippen molar-refractivity contribution in [2.45, 2.75) is 6.61 Å². The minimum absolute atomic E-state index is 0.354. The van der Waals surface area contributed by atoms with Crippen LogP contribution < -0.4 is 9.47 Å². The molecule has 1 heterocycles. The normalized spacial score (nSPS) is 10.2. The molecular weight excluding hydrogens is 273 g/mol. The Morgan fingerprint density at radius 2 is 2.00 bits per heavy atom. The Labute approximate surface area is 115 Å². The molecule has 1 aromatic heterocycles. The minimum atomic E-state index is 0.354. The maximum Gasteiger partial charge on any atom is 0.138 e. The summed E-state index contributed by atoms with van der Waals surface area (Å²) in [6.45, 7) is 0.354. The second-order valence-corrected chi connectivity index (χ2v) is 4.39. The Kier molecular flexibility index (Phi) is 4.28. The van der Waals surface area contributed by atoms with Crippen molar-refractivity contribution in [3.63, 3.8) is 0 Å². The lowest BCUT2D eigenvalue weighted by Gasteiger charge is -2.10. The van der Waals surface area contributed by atoms with Gasteiger partial charge in [0.25, 0.3) is 0 Å². The van der Waals surface area contributed by atoms with Crippen LogP contribution in [0.25, 0.3) is 0 Å². The van der Waals surface area contributed by atoms with Crippen molar-refractivity contribution in [1.29, 1.82) is 0 Å². The van der Waals surface area contributed by atoms with Crippen molar-refractivity contribution in [2.75, 3.05) is 7.11 Å². The van der Waals surface area contributed by atoms with E-state index in [-0.39, 0.29) is 0 Å². The molecule has 3 nitrogen and oxygen atoms in total. The molecule has 18 heavy (non-hydrogen) atoms. The van der Waals surface area contributed by atoms with Gasteiger partial charge >= 0.3 is 0 Å². The number of methoxy groups -OCH3 is 1. The summed E-state index contributed by atoms with van der Waals surface area (Å²) >= 11 is 11.6. The van der Waals surface area contributed by atoms with E-state index >= 15 is 0 Å². The van der Waals surface area contributed by atoms with Gasteiger partial charge in [-0.05, 0) is 30.3 Å². The van der Waals surface area contributed by atoms with E-state index in [0.29, 0.717) is 22.5 Å². The molecule has 0 aliphatic rings. The van der Waals surface area contributed by atoms with E-state index in [1.165, 1.54) is 0 Å². The second kappa shape index (κ2) is 5.94. The monoisotopic (exact) mass is 283 g/mol. The molecule has 0 amide bonds. The quantitative estimate of drug-likeness (QED) is 0.796. The highest BCUT2D eigenvalue weighted by Crippen LogP contribution is 2.24. The first-order valence-electron chi connectivity index (χ1n) is 5.26. The molecule has 0 atom stereocenters. The van der Waals surface area contributed by atoms with Gasteiger partial charge in [-0.2, -0.15) is 0 Å². The Balaban J connectivity index is 2.09. The van der Waals surface area contributed by atoms with Gasteiger partial charge < -0.3 is 9.47 Å². The van der Waals surface area contributed by atoms with Crippen molar-refractivity contribution in [3.8, 4) is 11.5 Å². The number of rotatable bonds is 4. The van der Waals surface area contributed by atoms with Gasteiger partial charge in [-0.1, -0.05) is 23.2 Å². The van der Waals surface area contributed by atoms with Gasteiger partial charge in [-0.3, -0.25) is 0 Å². The van der Waals surface area contributed by atoms with E-state index in [2.05, 4.69) is 4.98 Å². The highest BCUT2D eigenvalue weighted by Gasteiger charge is 2.05. The summed E-state index contributed by atoms with van der Waals surface area (Å²) in [4.78, 5) is 3.93. The summed E-state index contributed by atoms with van der Waals surface area (Å²) in [6, 6.07) is 8.82. The molecule has 0 saturated heterocycles. The van der Waals surface area contributed by atoms with Gasteiger partial charge in [0.05, 0.1) is 13.3 Å². The van der Waals surface area contributed by atoms with E-state index in [1.54, 1.807) is 37.6 Å². The van der Waals surface area contributed by atoms with Crippen LogP contribution in [-0.4, -0.2) is 12.1 Å². The average molecular weight is 284 g/mol. The summed E-state index contributed by atoms with van der Waals surface area (Å²) in [5.41, 5.74) is 0.875. The number of aromatic nitrogens is 1. The second-order valence-electron chi connectivity index (χ2n) is 3.56. The molecule has 2 rings (SSSR count). The Hall–Kier alpha value is -1.45. The first kappa shape index (κ1) is 13.0. The van der Waals surface area contributed by atoms with Crippen LogP contribution in [0.5, 0.6) is 11.5 Å². The van der Waals surface area contributed by atoms with Gasteiger partial charge in [0.1, 0.15) is 23.3 Å². The van der Waals surface area contributed by atoms with Crippen molar-refractivity contribution >= 4 is 23.2 Å². The van der Waals surface area contributed by atoms with E-state index in [0.717, 1.165) is 11.3 Å². The third-order valence-electron chi connectivity index (χ3n) is 2.34. The van der Waals surface area contributed by atoms with Crippen molar-refractivity contribution in [1.82, 2.24) is 4.98 Å². The highest BCUT2D eigenvalue weighted by molar-refractivity contribution is 6.30. The fraction of sp³-hybridized carbons (Fsp3) is 0.154. The van der Waals surface area contributed by atoms with Gasteiger partial charge in [-0.15, -0.1) is 0 Å². The van der Waals surface area contributed by atoms with Crippen LogP contribution in [-0.2, 0) is 6.61 Å². The number of hydrogen-bond acceptors (Lipinski definition) is 3. The van der Waals surface area contributed by atoms with Gasteiger partial charge in [0, 0.05) is 10.6 Å². The molecule has 0 aliphatic heterocycles. The molecule has 0 N–H and O–H groups in total. The summed E-state index contributed by atoms with van der Waals surface area (Å²) in [5, 5.41) is 1.08. The average Bonchev–Trinajstić information content (AvgIpc) is 2.38. The zero-order chi connectivity index (χ0) is 13.0. The van der Waals surface area contributed by atoms with E-state index in [1.807, 2.05) is 6.07 Å². The predicted octanol–water partition coefficient (Wildman–Crippen LogP) is 3.98. The lowest BCUT2D eigenvalue weighted by Crippen LogP contribution is -1.99. The first-order valence-corrected chi connectivity index (χ1v) is 6.01. The SMILES string of the molecule is COc1ccc(Cl)cc1COc1ccc(Cl)nc1. The molecule has 0 aliphatic carbocycles. The molecule has 0 unspecified atom stereocenters. The van der Waals surface area contributed by atoms with Gasteiger partial charge in [0.2, 0.25) is 0 Å². The van der Waals surface area contributed by atoms with Crippen molar-refractivity contribution < 1.29 is 9.47 Å². The van der Waals surface area contributed by atoms with E-state index < -0.39 is 0 Å². The number of nitrogens with zero attached hydrogens (tertiary/aromatic N) is 1. The van der Waals surface area contributed by atoms with Crippen molar-refractivity contribution in [3.05, 3.63) is 52.3 Å². The lowest BCUT2D eigenvalue weighted by molar-refractivity contribution is 0.295. The number of halogens is 2. The molecular formula is C13H11Cl2NO2. The van der Waals surface area contributed by atoms with Crippen LogP contribution in [0.2, 0.25) is 10.2 Å². The number of benzene rings is 1. The fourth-order valence-electron chi connectivity index (χ4n) is 1.47. The van der Waals surface area contributed by atoms with Crippen LogP contribution in [0.4, 0.5) is 0 Å². The third kappa shape index (κ3) is 3.28. The standard InChI is InChI=1S/C13H11Cl2NO2/c1-17-12-4-2-10(14)6-9(12)8-18-11-3-5-13(15)16-7-11/h2-7H,8H2,1H3. The summed E-state index contributed by atoms with van der Waals surface area (Å²) in [5.74, 6) is 1.38. The van der Waals surface area contributed by atoms with Crippen LogP contribution in [0.3, 0.4) is 0 Å². The van der Waals surface area contributed by atoms with Gasteiger partial charge in [0.15, 0.2) is 0 Å². The number of pyridine rings is 1. The molecule has 1 aromatic carbocycles.